The summed E-state index contributed by atoms with van der Waals surface area (Å²) in [7, 11) is 1.71. The van der Waals surface area contributed by atoms with Crippen LogP contribution in [0.5, 0.6) is 0 Å². The van der Waals surface area contributed by atoms with Crippen molar-refractivity contribution in [2.75, 3.05) is 7.05 Å². The van der Waals surface area contributed by atoms with Crippen LogP contribution in [-0.4, -0.2) is 22.8 Å². The maximum Gasteiger partial charge on any atom is 0.273 e. The fourth-order valence-electron chi connectivity index (χ4n) is 2.89. The number of fused-ring (bicyclic) bond motifs is 1. The second kappa shape index (κ2) is 6.96. The van der Waals surface area contributed by atoms with E-state index in [4.69, 9.17) is 4.42 Å². The van der Waals surface area contributed by atoms with Gasteiger partial charge in [-0.15, -0.1) is 11.3 Å². The number of rotatable bonds is 4. The quantitative estimate of drug-likeness (QED) is 0.468. The van der Waals surface area contributed by atoms with Crippen molar-refractivity contribution in [2.24, 2.45) is 0 Å². The Morgan fingerprint density at radius 1 is 1.19 bits per heavy atom. The maximum absolute atomic E-state index is 14.0. The van der Waals surface area contributed by atoms with E-state index in [9.17, 15) is 9.18 Å². The lowest BCUT2D eigenvalue weighted by Crippen LogP contribution is -2.29. The number of carbonyl (C=O) groups is 1. The lowest BCUT2D eigenvalue weighted by atomic mass is 10.2. The average molecular weight is 380 g/mol. The number of hydrogen-bond donors (Lipinski definition) is 0. The van der Waals surface area contributed by atoms with Crippen LogP contribution in [0, 0.1) is 5.82 Å². The van der Waals surface area contributed by atoms with Gasteiger partial charge >= 0.3 is 0 Å². The van der Waals surface area contributed by atoms with E-state index in [-0.39, 0.29) is 17.8 Å². The summed E-state index contributed by atoms with van der Waals surface area (Å²) in [4.78, 5) is 18.8. The molecule has 0 bridgehead atoms. The summed E-state index contributed by atoms with van der Waals surface area (Å²) < 4.78 is 19.8. The number of amides is 1. The van der Waals surface area contributed by atoms with Crippen LogP contribution in [0.25, 0.3) is 21.5 Å². The Hall–Kier alpha value is -2.99. The van der Waals surface area contributed by atoms with Crippen molar-refractivity contribution in [3.05, 3.63) is 77.2 Å². The van der Waals surface area contributed by atoms with E-state index in [1.807, 2.05) is 37.3 Å². The molecule has 2 heterocycles. The smallest absolute Gasteiger partial charge is 0.273 e. The number of hydrogen-bond acceptors (Lipinski definition) is 4. The normalized spacial score (nSPS) is 12.3. The molecule has 0 fully saturated rings. The molecular formula is C21H17FN2O2S. The summed E-state index contributed by atoms with van der Waals surface area (Å²) in [6.07, 6.45) is 0. The molecule has 1 unspecified atom stereocenters. The number of thiazole rings is 1. The van der Waals surface area contributed by atoms with Gasteiger partial charge in [0.15, 0.2) is 0 Å². The lowest BCUT2D eigenvalue weighted by Gasteiger charge is -2.22. The van der Waals surface area contributed by atoms with Gasteiger partial charge in [-0.25, -0.2) is 9.37 Å². The van der Waals surface area contributed by atoms with Crippen LogP contribution in [0.4, 0.5) is 4.39 Å². The second-order valence-corrected chi connectivity index (χ2v) is 7.15. The first kappa shape index (κ1) is 17.4. The Kier molecular flexibility index (Phi) is 4.49. The van der Waals surface area contributed by atoms with Gasteiger partial charge in [-0.2, -0.15) is 0 Å². The molecule has 0 radical (unpaired) electrons. The molecule has 0 aliphatic carbocycles. The number of para-hydroxylation sites is 1. The molecule has 4 rings (SSSR count). The molecule has 2 aromatic carbocycles. The number of furan rings is 1. The van der Waals surface area contributed by atoms with Gasteiger partial charge in [-0.1, -0.05) is 30.3 Å². The Labute approximate surface area is 159 Å². The molecule has 4 nitrogen and oxygen atoms in total. The predicted octanol–water partition coefficient (Wildman–Crippen LogP) is 5.53. The van der Waals surface area contributed by atoms with E-state index in [0.29, 0.717) is 22.0 Å². The molecule has 0 N–H and O–H groups in total. The minimum absolute atomic E-state index is 0.234. The van der Waals surface area contributed by atoms with Crippen LogP contribution in [0.15, 0.2) is 64.4 Å². The van der Waals surface area contributed by atoms with Crippen LogP contribution in [0.2, 0.25) is 0 Å². The van der Waals surface area contributed by atoms with Crippen molar-refractivity contribution in [1.29, 1.82) is 0 Å². The largest absolute Gasteiger partial charge is 0.459 e. The molecular weight excluding hydrogens is 363 g/mol. The molecule has 0 saturated carbocycles. The number of aromatic nitrogens is 1. The van der Waals surface area contributed by atoms with Gasteiger partial charge in [0.25, 0.3) is 5.91 Å². The van der Waals surface area contributed by atoms with Crippen molar-refractivity contribution >= 4 is 28.2 Å². The van der Waals surface area contributed by atoms with Gasteiger partial charge in [-0.3, -0.25) is 4.79 Å². The molecule has 0 saturated heterocycles. The SMILES string of the molecule is CC(c1cc2ccccc2o1)N(C)C(=O)c1csc(-c2ccccc2F)n1. The van der Waals surface area contributed by atoms with Crippen molar-refractivity contribution in [2.45, 2.75) is 13.0 Å². The van der Waals surface area contributed by atoms with Gasteiger partial charge in [-0.05, 0) is 31.2 Å². The Morgan fingerprint density at radius 3 is 2.70 bits per heavy atom. The number of halogens is 1. The molecule has 136 valence electrons. The molecule has 27 heavy (non-hydrogen) atoms. The topological polar surface area (TPSA) is 46.3 Å². The summed E-state index contributed by atoms with van der Waals surface area (Å²) in [5.74, 6) is 0.119. The van der Waals surface area contributed by atoms with Gasteiger partial charge in [0, 0.05) is 23.4 Å². The van der Waals surface area contributed by atoms with Crippen molar-refractivity contribution < 1.29 is 13.6 Å². The average Bonchev–Trinajstić information content (AvgIpc) is 3.33. The number of benzene rings is 2. The molecule has 1 atom stereocenters. The molecule has 2 aromatic heterocycles. The van der Waals surface area contributed by atoms with E-state index < -0.39 is 0 Å². The highest BCUT2D eigenvalue weighted by Crippen LogP contribution is 2.29. The highest BCUT2D eigenvalue weighted by atomic mass is 32.1. The molecule has 0 spiro atoms. The third-order valence-corrected chi connectivity index (χ3v) is 5.46. The highest BCUT2D eigenvalue weighted by Gasteiger charge is 2.24. The molecule has 0 aliphatic heterocycles. The van der Waals surface area contributed by atoms with E-state index in [0.717, 1.165) is 11.0 Å². The zero-order chi connectivity index (χ0) is 19.0. The number of carbonyl (C=O) groups excluding carboxylic acids is 1. The standard InChI is InChI=1S/C21H17FN2O2S/c1-13(19-11-14-7-3-6-10-18(14)26-19)24(2)21(25)17-12-27-20(23-17)15-8-4-5-9-16(15)22/h3-13H,1-2H3. The van der Waals surface area contributed by atoms with E-state index in [1.165, 1.54) is 17.4 Å². The van der Waals surface area contributed by atoms with Crippen LogP contribution in [-0.2, 0) is 0 Å². The molecule has 0 aliphatic rings. The molecule has 4 aromatic rings. The highest BCUT2D eigenvalue weighted by molar-refractivity contribution is 7.13. The third kappa shape index (κ3) is 3.24. The number of nitrogens with zero attached hydrogens (tertiary/aromatic N) is 2. The predicted molar refractivity (Wildman–Crippen MR) is 104 cm³/mol. The van der Waals surface area contributed by atoms with Crippen LogP contribution >= 0.6 is 11.3 Å². The first-order chi connectivity index (χ1) is 13.0. The van der Waals surface area contributed by atoms with Gasteiger partial charge in [0.2, 0.25) is 0 Å². The van der Waals surface area contributed by atoms with E-state index in [2.05, 4.69) is 4.98 Å². The minimum atomic E-state index is -0.352. The van der Waals surface area contributed by atoms with Gasteiger partial charge < -0.3 is 9.32 Å². The molecule has 6 heteroatoms. The Morgan fingerprint density at radius 2 is 1.93 bits per heavy atom. The maximum atomic E-state index is 14.0. The van der Waals surface area contributed by atoms with Crippen molar-refractivity contribution in [3.63, 3.8) is 0 Å². The van der Waals surface area contributed by atoms with Crippen LogP contribution in [0.1, 0.15) is 29.2 Å². The molecule has 1 amide bonds. The van der Waals surface area contributed by atoms with Crippen molar-refractivity contribution in [3.8, 4) is 10.6 Å². The van der Waals surface area contributed by atoms with Crippen LogP contribution in [0.3, 0.4) is 0 Å². The first-order valence-corrected chi connectivity index (χ1v) is 9.38. The van der Waals surface area contributed by atoms with E-state index in [1.54, 1.807) is 35.5 Å². The summed E-state index contributed by atoms with van der Waals surface area (Å²) in [5.41, 5.74) is 1.48. The summed E-state index contributed by atoms with van der Waals surface area (Å²) in [6.45, 7) is 1.90. The Balaban J connectivity index is 1.58. The monoisotopic (exact) mass is 380 g/mol. The fourth-order valence-corrected chi connectivity index (χ4v) is 3.71. The summed E-state index contributed by atoms with van der Waals surface area (Å²) in [6, 6.07) is 15.8. The summed E-state index contributed by atoms with van der Waals surface area (Å²) in [5, 5.41) is 3.14. The lowest BCUT2D eigenvalue weighted by molar-refractivity contribution is 0.0722. The first-order valence-electron chi connectivity index (χ1n) is 8.50. The van der Waals surface area contributed by atoms with E-state index >= 15 is 0 Å². The second-order valence-electron chi connectivity index (χ2n) is 6.30. The fraction of sp³-hybridized carbons (Fsp3) is 0.143. The Bertz CT molecular complexity index is 1090. The van der Waals surface area contributed by atoms with Crippen LogP contribution < -0.4 is 0 Å². The summed E-state index contributed by atoms with van der Waals surface area (Å²) >= 11 is 1.25. The van der Waals surface area contributed by atoms with Gasteiger partial charge in [0.05, 0.1) is 6.04 Å². The zero-order valence-corrected chi connectivity index (χ0v) is 15.7. The van der Waals surface area contributed by atoms with Gasteiger partial charge in [0.1, 0.15) is 27.9 Å². The van der Waals surface area contributed by atoms with Crippen molar-refractivity contribution in [1.82, 2.24) is 9.88 Å². The minimum Gasteiger partial charge on any atom is -0.459 e. The third-order valence-electron chi connectivity index (χ3n) is 4.59. The zero-order valence-electron chi connectivity index (χ0n) is 14.8.